The second-order valence-electron chi connectivity index (χ2n) is 12.8. The van der Waals surface area contributed by atoms with E-state index in [9.17, 15) is 9.59 Å². The van der Waals surface area contributed by atoms with Gasteiger partial charge in [-0.2, -0.15) is 0 Å². The summed E-state index contributed by atoms with van der Waals surface area (Å²) in [7, 11) is 4.55. The molecule has 1 atom stereocenters. The van der Waals surface area contributed by atoms with Crippen LogP contribution in [0, 0.1) is 0 Å². The molecule has 262 valence electrons. The molecule has 49 heavy (non-hydrogen) atoms. The number of likely N-dealkylation sites (tertiary alicyclic amines) is 1. The van der Waals surface area contributed by atoms with Crippen molar-refractivity contribution >= 4 is 35.0 Å². The lowest BCUT2D eigenvalue weighted by atomic mass is 9.71. The van der Waals surface area contributed by atoms with Gasteiger partial charge in [0.05, 0.1) is 56.5 Å². The number of morpholine rings is 1. The molecule has 3 fully saturated rings. The summed E-state index contributed by atoms with van der Waals surface area (Å²) in [6.45, 7) is 4.95. The smallest absolute Gasteiger partial charge is 0.256 e. The van der Waals surface area contributed by atoms with Gasteiger partial charge in [0.2, 0.25) is 11.7 Å². The lowest BCUT2D eigenvalue weighted by molar-refractivity contribution is -0.143. The average molecular weight is 713 g/mol. The first-order valence-electron chi connectivity index (χ1n) is 16.6. The van der Waals surface area contributed by atoms with Gasteiger partial charge in [0.25, 0.3) is 5.91 Å². The Morgan fingerprint density at radius 3 is 2.08 bits per heavy atom. The molecule has 3 heterocycles. The molecule has 10 nitrogen and oxygen atoms in total. The first-order chi connectivity index (χ1) is 23.7. The third-order valence-electron chi connectivity index (χ3n) is 10.2. The van der Waals surface area contributed by atoms with Crippen LogP contribution in [0.5, 0.6) is 17.2 Å². The quantitative estimate of drug-likeness (QED) is 0.268. The highest BCUT2D eigenvalue weighted by atomic mass is 35.5. The van der Waals surface area contributed by atoms with Crippen molar-refractivity contribution in [3.8, 4) is 17.2 Å². The van der Waals surface area contributed by atoms with Crippen molar-refractivity contribution in [2.75, 3.05) is 80.5 Å². The molecule has 0 aromatic heterocycles. The van der Waals surface area contributed by atoms with E-state index < -0.39 is 11.0 Å². The Morgan fingerprint density at radius 1 is 0.796 bits per heavy atom. The SMILES string of the molecule is COc1cc(C(=O)N2CO[C@](CCN3CCC(C(=O)N4CCOCC4)(c4ccccc4)CC3)(c3ccc(Cl)c(Cl)c3)C2)cc(OC)c1OC. The van der Waals surface area contributed by atoms with Crippen LogP contribution < -0.4 is 14.2 Å². The molecule has 6 rings (SSSR count). The maximum Gasteiger partial charge on any atom is 0.256 e. The number of ether oxygens (including phenoxy) is 5. The van der Waals surface area contributed by atoms with Crippen molar-refractivity contribution in [1.82, 2.24) is 14.7 Å². The number of piperidine rings is 1. The first kappa shape index (κ1) is 35.3. The molecule has 3 aromatic carbocycles. The molecule has 0 aliphatic carbocycles. The van der Waals surface area contributed by atoms with Gasteiger partial charge < -0.3 is 38.4 Å². The number of carbonyl (C=O) groups excluding carboxylic acids is 2. The van der Waals surface area contributed by atoms with Crippen molar-refractivity contribution in [2.45, 2.75) is 30.3 Å². The van der Waals surface area contributed by atoms with Gasteiger partial charge in [-0.05, 0) is 67.7 Å². The van der Waals surface area contributed by atoms with E-state index in [0.717, 1.165) is 24.2 Å². The van der Waals surface area contributed by atoms with Gasteiger partial charge in [0.1, 0.15) is 12.3 Å². The van der Waals surface area contributed by atoms with E-state index in [0.29, 0.717) is 91.5 Å². The van der Waals surface area contributed by atoms with Crippen LogP contribution in [0.4, 0.5) is 0 Å². The fraction of sp³-hybridized carbons (Fsp3) is 0.459. The average Bonchev–Trinajstić information content (AvgIpc) is 3.60. The summed E-state index contributed by atoms with van der Waals surface area (Å²) in [5, 5.41) is 0.867. The number of hydrogen-bond acceptors (Lipinski definition) is 8. The molecular weight excluding hydrogens is 669 g/mol. The molecule has 0 spiro atoms. The van der Waals surface area contributed by atoms with Crippen LogP contribution in [0.3, 0.4) is 0 Å². The molecule has 0 saturated carbocycles. The van der Waals surface area contributed by atoms with Gasteiger partial charge in [-0.3, -0.25) is 9.59 Å². The van der Waals surface area contributed by atoms with E-state index in [4.69, 9.17) is 46.9 Å². The van der Waals surface area contributed by atoms with Crippen LogP contribution in [-0.4, -0.2) is 107 Å². The third kappa shape index (κ3) is 7.07. The minimum atomic E-state index is -0.831. The van der Waals surface area contributed by atoms with Crippen molar-refractivity contribution in [3.05, 3.63) is 87.4 Å². The van der Waals surface area contributed by atoms with Gasteiger partial charge in [-0.25, -0.2) is 0 Å². The second kappa shape index (κ2) is 15.1. The van der Waals surface area contributed by atoms with Crippen LogP contribution in [-0.2, 0) is 25.3 Å². The van der Waals surface area contributed by atoms with Crippen LogP contribution in [0.1, 0.15) is 40.7 Å². The Kier molecular flexibility index (Phi) is 10.9. The lowest BCUT2D eigenvalue weighted by Gasteiger charge is -2.44. The van der Waals surface area contributed by atoms with Crippen LogP contribution in [0.2, 0.25) is 10.0 Å². The third-order valence-corrected chi connectivity index (χ3v) is 10.9. The van der Waals surface area contributed by atoms with Crippen LogP contribution in [0.25, 0.3) is 0 Å². The largest absolute Gasteiger partial charge is 0.493 e. The molecule has 0 radical (unpaired) electrons. The number of hydrogen-bond donors (Lipinski definition) is 0. The zero-order valence-electron chi connectivity index (χ0n) is 28.2. The van der Waals surface area contributed by atoms with E-state index in [1.54, 1.807) is 23.1 Å². The molecule has 0 unspecified atom stereocenters. The highest BCUT2D eigenvalue weighted by molar-refractivity contribution is 6.42. The Labute approximate surface area is 297 Å². The topological polar surface area (TPSA) is 90.0 Å². The number of nitrogens with zero attached hydrogens (tertiary/aromatic N) is 3. The minimum Gasteiger partial charge on any atom is -0.493 e. The summed E-state index contributed by atoms with van der Waals surface area (Å²) >= 11 is 12.8. The van der Waals surface area contributed by atoms with Gasteiger partial charge in [0.15, 0.2) is 11.5 Å². The second-order valence-corrected chi connectivity index (χ2v) is 13.6. The van der Waals surface area contributed by atoms with E-state index in [2.05, 4.69) is 17.0 Å². The van der Waals surface area contributed by atoms with Gasteiger partial charge in [-0.1, -0.05) is 59.6 Å². The highest BCUT2D eigenvalue weighted by Gasteiger charge is 2.47. The van der Waals surface area contributed by atoms with Crippen molar-refractivity contribution in [3.63, 3.8) is 0 Å². The zero-order valence-corrected chi connectivity index (χ0v) is 29.7. The van der Waals surface area contributed by atoms with Crippen LogP contribution >= 0.6 is 23.2 Å². The minimum absolute atomic E-state index is 0.0842. The number of carbonyl (C=O) groups is 2. The fourth-order valence-electron chi connectivity index (χ4n) is 7.32. The molecule has 0 N–H and O–H groups in total. The summed E-state index contributed by atoms with van der Waals surface area (Å²) in [5.41, 5.74) is 0.895. The normalized spacial score (nSPS) is 21.0. The maximum atomic E-state index is 14.1. The van der Waals surface area contributed by atoms with Crippen molar-refractivity contribution in [1.29, 1.82) is 0 Å². The molecule has 3 aliphatic heterocycles. The molecule has 0 bridgehead atoms. The number of methoxy groups -OCH3 is 3. The molecule has 3 saturated heterocycles. The van der Waals surface area contributed by atoms with Crippen LogP contribution in [0.15, 0.2) is 60.7 Å². The zero-order chi connectivity index (χ0) is 34.6. The fourth-order valence-corrected chi connectivity index (χ4v) is 7.62. The molecular formula is C37H43Cl2N3O7. The van der Waals surface area contributed by atoms with Crippen molar-refractivity contribution < 1.29 is 33.3 Å². The van der Waals surface area contributed by atoms with Gasteiger partial charge in [-0.15, -0.1) is 0 Å². The summed E-state index contributed by atoms with van der Waals surface area (Å²) in [6, 6.07) is 19.0. The predicted molar refractivity (Wildman–Crippen MR) is 187 cm³/mol. The number of rotatable bonds is 10. The molecule has 2 amide bonds. The summed E-state index contributed by atoms with van der Waals surface area (Å²) in [4.78, 5) is 34.1. The predicted octanol–water partition coefficient (Wildman–Crippen LogP) is 5.63. The van der Waals surface area contributed by atoms with E-state index in [1.807, 2.05) is 35.2 Å². The maximum absolute atomic E-state index is 14.1. The standard InChI is InChI=1S/C37H43Cl2N3O7/c1-45-31-21-26(22-32(46-2)33(31)47-3)34(43)42-24-37(49-25-42,28-9-10-29(38)30(39)23-28)13-16-40-14-11-36(12-15-40,27-7-5-4-6-8-27)35(44)41-17-19-48-20-18-41/h4-10,21-23H,11-20,24-25H2,1-3H3/t37-/m0/s1. The summed E-state index contributed by atoms with van der Waals surface area (Å²) in [5.74, 6) is 1.16. The summed E-state index contributed by atoms with van der Waals surface area (Å²) < 4.78 is 28.6. The molecule has 3 aromatic rings. The van der Waals surface area contributed by atoms with Gasteiger partial charge in [0, 0.05) is 25.2 Å². The first-order valence-corrected chi connectivity index (χ1v) is 17.3. The number of benzene rings is 3. The lowest BCUT2D eigenvalue weighted by Crippen LogP contribution is -2.55. The monoisotopic (exact) mass is 711 g/mol. The Hall–Kier alpha value is -3.54. The number of amides is 2. The molecule has 3 aliphatic rings. The van der Waals surface area contributed by atoms with E-state index in [1.165, 1.54) is 21.3 Å². The molecule has 12 heteroatoms. The highest BCUT2D eigenvalue weighted by Crippen LogP contribution is 2.43. The van der Waals surface area contributed by atoms with E-state index >= 15 is 0 Å². The van der Waals surface area contributed by atoms with Crippen molar-refractivity contribution in [2.24, 2.45) is 0 Å². The van der Waals surface area contributed by atoms with E-state index in [-0.39, 0.29) is 18.5 Å². The Balaban J connectivity index is 1.21. The summed E-state index contributed by atoms with van der Waals surface area (Å²) in [6.07, 6.45) is 2.01. The Bertz CT molecular complexity index is 1620. The van der Waals surface area contributed by atoms with Gasteiger partial charge >= 0.3 is 0 Å². The Morgan fingerprint density at radius 2 is 1.47 bits per heavy atom. The number of halogens is 2.